The average Bonchev–Trinajstić information content (AvgIpc) is 3.72. The Balaban J connectivity index is 0.723. The molecule has 2 N–H and O–H groups in total. The van der Waals surface area contributed by atoms with Gasteiger partial charge in [-0.2, -0.15) is 0 Å². The number of phenolic OH excluding ortho intramolecular Hbond substituents is 1. The van der Waals surface area contributed by atoms with Crippen LogP contribution in [-0.2, 0) is 29.1 Å². The van der Waals surface area contributed by atoms with Crippen molar-refractivity contribution in [3.8, 4) is 5.75 Å². The molecule has 5 heterocycles. The van der Waals surface area contributed by atoms with Gasteiger partial charge in [0.25, 0.3) is 11.8 Å². The van der Waals surface area contributed by atoms with E-state index in [1.165, 1.54) is 27.9 Å². The molecule has 286 valence electrons. The quantitative estimate of drug-likeness (QED) is 0.236. The number of anilines is 1. The van der Waals surface area contributed by atoms with E-state index in [0.717, 1.165) is 87.5 Å². The Morgan fingerprint density at radius 2 is 1.39 bits per heavy atom. The number of hydrogen-bond donors (Lipinski definition) is 2. The van der Waals surface area contributed by atoms with Gasteiger partial charge in [0.1, 0.15) is 11.8 Å². The summed E-state index contributed by atoms with van der Waals surface area (Å²) in [6.45, 7) is 6.91. The predicted molar refractivity (Wildman–Crippen MR) is 211 cm³/mol. The summed E-state index contributed by atoms with van der Waals surface area (Å²) in [5, 5.41) is 12.5. The largest absolute Gasteiger partial charge is 0.508 e. The Bertz CT molecular complexity index is 2180. The molecule has 4 aromatic carbocycles. The molecule has 0 aromatic heterocycles. The average molecular weight is 750 g/mol. The molecule has 3 atom stereocenters. The summed E-state index contributed by atoms with van der Waals surface area (Å²) >= 11 is 0. The van der Waals surface area contributed by atoms with Crippen LogP contribution in [0, 0.1) is 5.92 Å². The fourth-order valence-corrected chi connectivity index (χ4v) is 10.6. The molecule has 3 unspecified atom stereocenters. The van der Waals surface area contributed by atoms with Gasteiger partial charge in [-0.05, 0) is 121 Å². The van der Waals surface area contributed by atoms with Crippen LogP contribution in [0.4, 0.5) is 5.69 Å². The minimum atomic E-state index is -0.941. The van der Waals surface area contributed by atoms with Gasteiger partial charge in [-0.25, -0.2) is 0 Å². The number of fused-ring (bicyclic) bond motifs is 3. The summed E-state index contributed by atoms with van der Waals surface area (Å²) in [4.78, 5) is 59.5. The van der Waals surface area contributed by atoms with Crippen LogP contribution >= 0.6 is 0 Å². The number of carbonyl (C=O) groups excluding carboxylic acids is 4. The van der Waals surface area contributed by atoms with Crippen molar-refractivity contribution < 1.29 is 24.3 Å². The van der Waals surface area contributed by atoms with E-state index >= 15 is 0 Å². The zero-order valence-electron chi connectivity index (χ0n) is 31.5. The molecule has 4 aromatic rings. The number of nitrogens with zero attached hydrogens (tertiary/aromatic N) is 4. The Morgan fingerprint density at radius 3 is 2.07 bits per heavy atom. The molecule has 1 aliphatic carbocycles. The summed E-state index contributed by atoms with van der Waals surface area (Å²) < 4.78 is 0. The van der Waals surface area contributed by atoms with E-state index in [9.17, 15) is 24.3 Å². The van der Waals surface area contributed by atoms with E-state index in [4.69, 9.17) is 0 Å². The topological polar surface area (TPSA) is 114 Å². The highest BCUT2D eigenvalue weighted by atomic mass is 16.3. The van der Waals surface area contributed by atoms with E-state index in [1.54, 1.807) is 0 Å². The number of likely N-dealkylation sites (tertiary alicyclic amines) is 1. The van der Waals surface area contributed by atoms with Crippen LogP contribution in [0.2, 0.25) is 0 Å². The molecule has 0 saturated carbocycles. The fraction of sp³-hybridized carbons (Fsp3) is 0.391. The van der Waals surface area contributed by atoms with Crippen molar-refractivity contribution in [1.82, 2.24) is 20.0 Å². The highest BCUT2D eigenvalue weighted by molar-refractivity contribution is 6.23. The van der Waals surface area contributed by atoms with Crippen molar-refractivity contribution in [2.75, 3.05) is 37.6 Å². The number of aryl methyl sites for hydroxylation is 1. The lowest BCUT2D eigenvalue weighted by atomic mass is 9.69. The van der Waals surface area contributed by atoms with Gasteiger partial charge in [-0.3, -0.25) is 34.3 Å². The first-order valence-corrected chi connectivity index (χ1v) is 20.3. The standard InChI is InChI=1S/C46H47N5O5/c52-36-11-13-38-31(20-36)8-12-37(29-4-2-1-3-5-29)43(38)30-6-9-34(10-7-30)49-24-28(25-49)23-48-18-16-35(17-19-48)50-26-32-21-39-40(22-33(32)27-50)46(56)51(45(39)55)41-14-15-42(53)47-44(41)54/h1-7,9-11,13,20-22,28,35,37,41,43,52H,8,12,14-19,23-27H2,(H,47,53,54). The van der Waals surface area contributed by atoms with Crippen molar-refractivity contribution in [1.29, 1.82) is 0 Å². The maximum absolute atomic E-state index is 13.4. The normalized spacial score (nSPS) is 24.5. The van der Waals surface area contributed by atoms with E-state index in [-0.39, 0.29) is 24.7 Å². The van der Waals surface area contributed by atoms with Gasteiger partial charge in [-0.1, -0.05) is 48.5 Å². The summed E-state index contributed by atoms with van der Waals surface area (Å²) in [7, 11) is 0. The summed E-state index contributed by atoms with van der Waals surface area (Å²) in [6, 6.07) is 29.3. The Morgan fingerprint density at radius 1 is 0.696 bits per heavy atom. The van der Waals surface area contributed by atoms with Gasteiger partial charge in [0.05, 0.1) is 11.1 Å². The van der Waals surface area contributed by atoms with Crippen LogP contribution in [0.1, 0.15) is 98.0 Å². The molecule has 6 aliphatic rings. The first-order valence-electron chi connectivity index (χ1n) is 20.3. The van der Waals surface area contributed by atoms with Crippen LogP contribution in [0.15, 0.2) is 84.9 Å². The monoisotopic (exact) mass is 749 g/mol. The highest BCUT2D eigenvalue weighted by Gasteiger charge is 2.46. The van der Waals surface area contributed by atoms with E-state index in [0.29, 0.717) is 34.8 Å². The molecule has 0 bridgehead atoms. The smallest absolute Gasteiger partial charge is 0.262 e. The van der Waals surface area contributed by atoms with E-state index in [1.807, 2.05) is 24.3 Å². The Hall–Kier alpha value is -5.32. The third-order valence-corrected chi connectivity index (χ3v) is 13.5. The number of amides is 4. The van der Waals surface area contributed by atoms with Crippen LogP contribution < -0.4 is 10.2 Å². The minimum Gasteiger partial charge on any atom is -0.508 e. The number of benzene rings is 4. The maximum atomic E-state index is 13.4. The van der Waals surface area contributed by atoms with Crippen LogP contribution in [0.3, 0.4) is 0 Å². The number of carbonyl (C=O) groups is 4. The first kappa shape index (κ1) is 35.1. The summed E-state index contributed by atoms with van der Waals surface area (Å²) in [6.07, 6.45) is 4.51. The van der Waals surface area contributed by atoms with Gasteiger partial charge in [0.2, 0.25) is 11.8 Å². The van der Waals surface area contributed by atoms with Gasteiger partial charge in [0.15, 0.2) is 0 Å². The number of aromatic hydroxyl groups is 1. The second kappa shape index (κ2) is 14.0. The number of rotatable bonds is 7. The van der Waals surface area contributed by atoms with Crippen molar-refractivity contribution in [3.05, 3.63) is 129 Å². The highest BCUT2D eigenvalue weighted by Crippen LogP contribution is 2.47. The Labute approximate surface area is 327 Å². The molecule has 0 spiro atoms. The van der Waals surface area contributed by atoms with Crippen molar-refractivity contribution >= 4 is 29.3 Å². The number of piperidine rings is 2. The van der Waals surface area contributed by atoms with Crippen molar-refractivity contribution in [3.63, 3.8) is 0 Å². The van der Waals surface area contributed by atoms with Gasteiger partial charge >= 0.3 is 0 Å². The second-order valence-corrected chi connectivity index (χ2v) is 16.8. The molecule has 3 saturated heterocycles. The van der Waals surface area contributed by atoms with E-state index in [2.05, 4.69) is 80.7 Å². The SMILES string of the molecule is O=C1CCC(N2C(=O)c3cc4c(cc3C2=O)CN(C2CCN(CC3CN(c5ccc(C6c7ccc(O)cc7CCC6c6ccccc6)cc5)C3)CC2)C4)C(=O)N1. The van der Waals surface area contributed by atoms with Crippen molar-refractivity contribution in [2.24, 2.45) is 5.92 Å². The Kier molecular flexibility index (Phi) is 8.78. The fourth-order valence-electron chi connectivity index (χ4n) is 10.6. The molecular formula is C46H47N5O5. The number of phenols is 1. The summed E-state index contributed by atoms with van der Waals surface area (Å²) in [5.74, 6) is -0.182. The molecule has 10 rings (SSSR count). The van der Waals surface area contributed by atoms with Crippen LogP contribution in [0.5, 0.6) is 5.75 Å². The molecule has 4 amide bonds. The second-order valence-electron chi connectivity index (χ2n) is 16.8. The third-order valence-electron chi connectivity index (χ3n) is 13.5. The molecule has 0 radical (unpaired) electrons. The lowest BCUT2D eigenvalue weighted by Gasteiger charge is -2.45. The zero-order valence-corrected chi connectivity index (χ0v) is 31.5. The lowest BCUT2D eigenvalue weighted by Crippen LogP contribution is -2.54. The lowest BCUT2D eigenvalue weighted by molar-refractivity contribution is -0.136. The number of hydrogen-bond acceptors (Lipinski definition) is 8. The third kappa shape index (κ3) is 6.19. The first-order chi connectivity index (χ1) is 27.3. The number of imide groups is 2. The molecule has 56 heavy (non-hydrogen) atoms. The van der Waals surface area contributed by atoms with Gasteiger partial charge in [0, 0.05) is 62.7 Å². The molecule has 10 nitrogen and oxygen atoms in total. The molecule has 10 heteroatoms. The maximum Gasteiger partial charge on any atom is 0.262 e. The van der Waals surface area contributed by atoms with Gasteiger partial charge < -0.3 is 14.9 Å². The minimum absolute atomic E-state index is 0.115. The zero-order chi connectivity index (χ0) is 38.1. The van der Waals surface area contributed by atoms with Crippen molar-refractivity contribution in [2.45, 2.75) is 75.5 Å². The summed E-state index contributed by atoms with van der Waals surface area (Å²) in [5.41, 5.74) is 9.48. The van der Waals surface area contributed by atoms with E-state index < -0.39 is 23.8 Å². The molecule has 5 aliphatic heterocycles. The molecule has 3 fully saturated rings. The predicted octanol–water partition coefficient (Wildman–Crippen LogP) is 5.57. The van der Waals surface area contributed by atoms with Crippen LogP contribution in [-0.4, -0.2) is 88.2 Å². The number of nitrogens with one attached hydrogen (secondary N) is 1. The van der Waals surface area contributed by atoms with Crippen LogP contribution in [0.25, 0.3) is 0 Å². The molecular weight excluding hydrogens is 703 g/mol. The van der Waals surface area contributed by atoms with Gasteiger partial charge in [-0.15, -0.1) is 0 Å².